The minimum absolute atomic E-state index is 1.02. The number of para-hydroxylation sites is 2. The van der Waals surface area contributed by atoms with Crippen LogP contribution in [0.25, 0.3) is 18.2 Å². The second-order valence-corrected chi connectivity index (χ2v) is 7.06. The zero-order valence-electron chi connectivity index (χ0n) is 17.1. The van der Waals surface area contributed by atoms with Crippen LogP contribution in [0.5, 0.6) is 0 Å². The van der Waals surface area contributed by atoms with Crippen LogP contribution in [0.4, 0.5) is 17.1 Å². The highest BCUT2D eigenvalue weighted by Gasteiger charge is 2.11. The van der Waals surface area contributed by atoms with Crippen molar-refractivity contribution in [3.05, 3.63) is 132 Å². The van der Waals surface area contributed by atoms with Crippen molar-refractivity contribution >= 4 is 35.3 Å². The quantitative estimate of drug-likeness (QED) is 0.244. The number of nitrogens with zero attached hydrogens (tertiary/aromatic N) is 2. The third-order valence-corrected chi connectivity index (χ3v) is 4.94. The van der Waals surface area contributed by atoms with E-state index in [1.54, 1.807) is 6.08 Å². The van der Waals surface area contributed by atoms with E-state index >= 15 is 0 Å². The number of benzene rings is 4. The average molecular weight is 399 g/mol. The van der Waals surface area contributed by atoms with Crippen LogP contribution in [0.3, 0.4) is 0 Å². The summed E-state index contributed by atoms with van der Waals surface area (Å²) in [7, 11) is 0. The minimum Gasteiger partial charge on any atom is -0.311 e. The molecule has 0 spiro atoms. The van der Waals surface area contributed by atoms with Crippen molar-refractivity contribution in [3.63, 3.8) is 0 Å². The summed E-state index contributed by atoms with van der Waals surface area (Å²) in [6, 6.07) is 39.5. The van der Waals surface area contributed by atoms with E-state index in [2.05, 4.69) is 102 Å². The fourth-order valence-corrected chi connectivity index (χ4v) is 3.38. The van der Waals surface area contributed by atoms with Crippen LogP contribution in [0.1, 0.15) is 16.7 Å². The van der Waals surface area contributed by atoms with Gasteiger partial charge in [-0.15, -0.1) is 0 Å². The van der Waals surface area contributed by atoms with E-state index in [1.165, 1.54) is 6.08 Å². The van der Waals surface area contributed by atoms with Gasteiger partial charge in [-0.05, 0) is 59.2 Å². The molecule has 4 rings (SSSR count). The van der Waals surface area contributed by atoms with Gasteiger partial charge in [0.1, 0.15) is 0 Å². The molecule has 31 heavy (non-hydrogen) atoms. The molecule has 0 aliphatic carbocycles. The lowest BCUT2D eigenvalue weighted by molar-refractivity contribution is 1.28. The van der Waals surface area contributed by atoms with Crippen LogP contribution >= 0.6 is 0 Å². The van der Waals surface area contributed by atoms with E-state index in [4.69, 9.17) is 5.26 Å². The Morgan fingerprint density at radius 2 is 0.871 bits per heavy atom. The summed E-state index contributed by atoms with van der Waals surface area (Å²) >= 11 is 0. The fourth-order valence-electron chi connectivity index (χ4n) is 3.38. The van der Waals surface area contributed by atoms with Crippen LogP contribution in [-0.4, -0.2) is 0 Å². The summed E-state index contributed by atoms with van der Waals surface area (Å²) in [4.78, 5) is 2.25. The SMILES string of the molecule is N#C/C=C\c1ccc(/C=C/c2ccc(N(c3ccccc3)c3ccccc3)cc2)cc1. The summed E-state index contributed by atoms with van der Waals surface area (Å²) in [5.74, 6) is 0. The van der Waals surface area contributed by atoms with Crippen molar-refractivity contribution in [1.29, 1.82) is 5.26 Å². The van der Waals surface area contributed by atoms with Crippen molar-refractivity contribution in [2.75, 3.05) is 4.90 Å². The summed E-state index contributed by atoms with van der Waals surface area (Å²) in [5.41, 5.74) is 6.64. The molecule has 148 valence electrons. The Morgan fingerprint density at radius 1 is 0.484 bits per heavy atom. The molecule has 0 saturated heterocycles. The molecule has 0 aromatic heterocycles. The predicted molar refractivity (Wildman–Crippen MR) is 131 cm³/mol. The van der Waals surface area contributed by atoms with Gasteiger partial charge in [0.05, 0.1) is 6.07 Å². The molecule has 2 heteroatoms. The maximum atomic E-state index is 8.62. The third kappa shape index (κ3) is 5.18. The summed E-state index contributed by atoms with van der Waals surface area (Å²) in [5, 5.41) is 8.62. The van der Waals surface area contributed by atoms with Gasteiger partial charge in [-0.3, -0.25) is 0 Å². The molecule has 2 nitrogen and oxygen atoms in total. The summed E-state index contributed by atoms with van der Waals surface area (Å²) in [6.07, 6.45) is 7.50. The van der Waals surface area contributed by atoms with E-state index in [0.29, 0.717) is 0 Å². The maximum absolute atomic E-state index is 8.62. The number of anilines is 3. The van der Waals surface area contributed by atoms with Crippen molar-refractivity contribution < 1.29 is 0 Å². The molecule has 0 saturated carbocycles. The molecule has 0 N–H and O–H groups in total. The Balaban J connectivity index is 1.55. The van der Waals surface area contributed by atoms with Crippen LogP contribution in [0, 0.1) is 11.3 Å². The largest absolute Gasteiger partial charge is 0.311 e. The molecule has 0 amide bonds. The zero-order chi connectivity index (χ0) is 21.3. The topological polar surface area (TPSA) is 27.0 Å². The Labute approximate surface area is 183 Å². The molecule has 0 aliphatic heterocycles. The monoisotopic (exact) mass is 398 g/mol. The Hall–Kier alpha value is -4.35. The molecule has 0 heterocycles. The normalized spacial score (nSPS) is 10.9. The molecule has 0 radical (unpaired) electrons. The lowest BCUT2D eigenvalue weighted by Crippen LogP contribution is -2.09. The summed E-state index contributed by atoms with van der Waals surface area (Å²) in [6.45, 7) is 0. The van der Waals surface area contributed by atoms with E-state index < -0.39 is 0 Å². The van der Waals surface area contributed by atoms with Crippen LogP contribution in [0.2, 0.25) is 0 Å². The molecule has 0 bridgehead atoms. The van der Waals surface area contributed by atoms with Gasteiger partial charge in [-0.25, -0.2) is 0 Å². The van der Waals surface area contributed by atoms with Gasteiger partial charge in [0.2, 0.25) is 0 Å². The first kappa shape index (κ1) is 19.9. The number of nitriles is 1. The van der Waals surface area contributed by atoms with E-state index in [9.17, 15) is 0 Å². The van der Waals surface area contributed by atoms with Crippen molar-refractivity contribution in [2.24, 2.45) is 0 Å². The van der Waals surface area contributed by atoms with Gasteiger partial charge in [-0.1, -0.05) is 84.9 Å². The van der Waals surface area contributed by atoms with Crippen LogP contribution in [-0.2, 0) is 0 Å². The molecular weight excluding hydrogens is 376 g/mol. The van der Waals surface area contributed by atoms with Crippen molar-refractivity contribution in [1.82, 2.24) is 0 Å². The molecule has 0 unspecified atom stereocenters. The molecule has 0 aliphatic rings. The van der Waals surface area contributed by atoms with Crippen molar-refractivity contribution in [3.8, 4) is 6.07 Å². The number of allylic oxidation sites excluding steroid dienone is 1. The standard InChI is InChI=1S/C29H22N2/c30-23-7-8-24-13-15-25(16-14-24)17-18-26-19-21-29(22-20-26)31(27-9-3-1-4-10-27)28-11-5-2-6-12-28/h1-22H/b8-7-,18-17+. The molecular formula is C29H22N2. The van der Waals surface area contributed by atoms with Gasteiger partial charge in [0.15, 0.2) is 0 Å². The Kier molecular flexibility index (Phi) is 6.38. The highest BCUT2D eigenvalue weighted by molar-refractivity contribution is 5.78. The van der Waals surface area contributed by atoms with Gasteiger partial charge in [-0.2, -0.15) is 5.26 Å². The summed E-state index contributed by atoms with van der Waals surface area (Å²) < 4.78 is 0. The second kappa shape index (κ2) is 9.91. The molecule has 4 aromatic carbocycles. The minimum atomic E-state index is 1.02. The Morgan fingerprint density at radius 3 is 1.32 bits per heavy atom. The van der Waals surface area contributed by atoms with Gasteiger partial charge >= 0.3 is 0 Å². The van der Waals surface area contributed by atoms with E-state index in [0.717, 1.165) is 33.8 Å². The third-order valence-electron chi connectivity index (χ3n) is 4.94. The number of hydrogen-bond acceptors (Lipinski definition) is 2. The second-order valence-electron chi connectivity index (χ2n) is 7.06. The fraction of sp³-hybridized carbons (Fsp3) is 0. The first-order chi connectivity index (χ1) is 15.3. The van der Waals surface area contributed by atoms with E-state index in [1.807, 2.05) is 30.3 Å². The predicted octanol–water partition coefficient (Wildman–Crippen LogP) is 7.86. The van der Waals surface area contributed by atoms with Gasteiger partial charge in [0.25, 0.3) is 0 Å². The smallest absolute Gasteiger partial charge is 0.0912 e. The Bertz CT molecular complexity index is 1160. The molecule has 0 atom stereocenters. The zero-order valence-corrected chi connectivity index (χ0v) is 17.1. The maximum Gasteiger partial charge on any atom is 0.0912 e. The highest BCUT2D eigenvalue weighted by Crippen LogP contribution is 2.34. The first-order valence-corrected chi connectivity index (χ1v) is 10.2. The van der Waals surface area contributed by atoms with E-state index in [-0.39, 0.29) is 0 Å². The average Bonchev–Trinajstić information content (AvgIpc) is 2.84. The lowest BCUT2D eigenvalue weighted by atomic mass is 10.1. The lowest BCUT2D eigenvalue weighted by Gasteiger charge is -2.25. The molecule has 0 fully saturated rings. The highest BCUT2D eigenvalue weighted by atomic mass is 15.1. The van der Waals surface area contributed by atoms with Gasteiger partial charge < -0.3 is 4.90 Å². The molecule has 4 aromatic rings. The van der Waals surface area contributed by atoms with Crippen molar-refractivity contribution in [2.45, 2.75) is 0 Å². The number of hydrogen-bond donors (Lipinski definition) is 0. The first-order valence-electron chi connectivity index (χ1n) is 10.2. The number of rotatable bonds is 6. The van der Waals surface area contributed by atoms with Crippen LogP contribution in [0.15, 0.2) is 115 Å². The van der Waals surface area contributed by atoms with Gasteiger partial charge in [0, 0.05) is 23.1 Å². The van der Waals surface area contributed by atoms with Crippen LogP contribution < -0.4 is 4.90 Å².